The molecule has 0 fully saturated rings. The second kappa shape index (κ2) is 7.99. The number of methoxy groups -OCH3 is 2. The predicted octanol–water partition coefficient (Wildman–Crippen LogP) is 4.26. The van der Waals surface area contributed by atoms with Crippen molar-refractivity contribution >= 4 is 28.5 Å². The molecule has 0 radical (unpaired) electrons. The number of hydrogen-bond acceptors (Lipinski definition) is 5. The largest absolute Gasteiger partial charge is 0.496 e. The number of hydrogen-bond donors (Lipinski definition) is 2. The molecule has 27 heavy (non-hydrogen) atoms. The molecular weight excluding hydrogens is 344 g/mol. The number of H-pyrrole nitrogens is 1. The Hall–Kier alpha value is -3.22. The van der Waals surface area contributed by atoms with Crippen molar-refractivity contribution in [3.8, 4) is 17.1 Å². The molecule has 0 aliphatic carbocycles. The van der Waals surface area contributed by atoms with E-state index in [0.717, 1.165) is 41.1 Å². The summed E-state index contributed by atoms with van der Waals surface area (Å²) in [6.07, 6.45) is -0.507. The van der Waals surface area contributed by atoms with Crippen molar-refractivity contribution in [1.29, 1.82) is 0 Å². The Labute approximate surface area is 158 Å². The SMILES string of the molecule is CCN(CC)c1cc2nc(-c3ccccc3OC)[nH]c2cc1NC(=O)OC. The van der Waals surface area contributed by atoms with Gasteiger partial charge >= 0.3 is 6.09 Å². The van der Waals surface area contributed by atoms with Crippen LogP contribution < -0.4 is 15.0 Å². The van der Waals surface area contributed by atoms with Crippen LogP contribution in [0.4, 0.5) is 16.2 Å². The predicted molar refractivity (Wildman–Crippen MR) is 108 cm³/mol. The molecule has 0 spiro atoms. The van der Waals surface area contributed by atoms with Crippen LogP contribution in [0.5, 0.6) is 5.75 Å². The minimum Gasteiger partial charge on any atom is -0.496 e. The highest BCUT2D eigenvalue weighted by molar-refractivity contribution is 5.96. The standard InChI is InChI=1S/C20H24N4O3/c1-5-24(6-2)17-12-15-14(11-16(17)23-20(25)27-4)21-19(22-15)13-9-7-8-10-18(13)26-3/h7-12H,5-6H2,1-4H3,(H,21,22)(H,23,25). The highest BCUT2D eigenvalue weighted by atomic mass is 16.5. The van der Waals surface area contributed by atoms with Gasteiger partial charge in [0.05, 0.1) is 42.2 Å². The molecule has 0 saturated heterocycles. The van der Waals surface area contributed by atoms with Gasteiger partial charge in [0.1, 0.15) is 11.6 Å². The van der Waals surface area contributed by atoms with Crippen molar-refractivity contribution in [3.63, 3.8) is 0 Å². The summed E-state index contributed by atoms with van der Waals surface area (Å²) in [5.74, 6) is 1.46. The summed E-state index contributed by atoms with van der Waals surface area (Å²) >= 11 is 0. The lowest BCUT2D eigenvalue weighted by Gasteiger charge is -2.24. The highest BCUT2D eigenvalue weighted by Crippen LogP contribution is 2.34. The normalized spacial score (nSPS) is 10.7. The first kappa shape index (κ1) is 18.6. The molecule has 0 aliphatic rings. The van der Waals surface area contributed by atoms with Crippen LogP contribution in [0.2, 0.25) is 0 Å². The van der Waals surface area contributed by atoms with E-state index >= 15 is 0 Å². The van der Waals surface area contributed by atoms with E-state index in [1.165, 1.54) is 7.11 Å². The van der Waals surface area contributed by atoms with E-state index in [2.05, 4.69) is 29.0 Å². The van der Waals surface area contributed by atoms with Crippen molar-refractivity contribution in [2.75, 3.05) is 37.5 Å². The van der Waals surface area contributed by atoms with Crippen LogP contribution in [-0.2, 0) is 4.74 Å². The molecule has 3 rings (SSSR count). The third-order valence-electron chi connectivity index (χ3n) is 4.49. The smallest absolute Gasteiger partial charge is 0.411 e. The lowest BCUT2D eigenvalue weighted by molar-refractivity contribution is 0.187. The van der Waals surface area contributed by atoms with Gasteiger partial charge in [0.2, 0.25) is 0 Å². The number of fused-ring (bicyclic) bond motifs is 1. The topological polar surface area (TPSA) is 79.5 Å². The van der Waals surface area contributed by atoms with Gasteiger partial charge in [0.15, 0.2) is 0 Å². The molecule has 3 aromatic rings. The van der Waals surface area contributed by atoms with E-state index < -0.39 is 6.09 Å². The van der Waals surface area contributed by atoms with Crippen molar-refractivity contribution < 1.29 is 14.3 Å². The molecule has 1 heterocycles. The lowest BCUT2D eigenvalue weighted by atomic mass is 10.2. The first-order chi connectivity index (χ1) is 13.1. The van der Waals surface area contributed by atoms with E-state index in [1.807, 2.05) is 36.4 Å². The molecule has 0 bridgehead atoms. The summed E-state index contributed by atoms with van der Waals surface area (Å²) in [5.41, 5.74) is 4.08. The van der Waals surface area contributed by atoms with Gasteiger partial charge in [0.25, 0.3) is 0 Å². The Morgan fingerprint density at radius 2 is 1.93 bits per heavy atom. The number of nitrogens with zero attached hydrogens (tertiary/aromatic N) is 2. The first-order valence-corrected chi connectivity index (χ1v) is 8.88. The average molecular weight is 368 g/mol. The number of amides is 1. The number of carbonyl (C=O) groups is 1. The molecule has 0 saturated carbocycles. The summed E-state index contributed by atoms with van der Waals surface area (Å²) in [6.45, 7) is 5.75. The number of nitrogens with one attached hydrogen (secondary N) is 2. The molecule has 142 valence electrons. The number of para-hydroxylation sites is 1. The zero-order chi connectivity index (χ0) is 19.4. The van der Waals surface area contributed by atoms with Gasteiger partial charge in [-0.1, -0.05) is 12.1 Å². The number of carbonyl (C=O) groups excluding carboxylic acids is 1. The minimum absolute atomic E-state index is 0.507. The summed E-state index contributed by atoms with van der Waals surface area (Å²) in [4.78, 5) is 22.0. The van der Waals surface area contributed by atoms with Gasteiger partial charge in [-0.05, 0) is 38.1 Å². The van der Waals surface area contributed by atoms with E-state index in [-0.39, 0.29) is 0 Å². The molecule has 7 heteroatoms. The number of imidazole rings is 1. The summed E-state index contributed by atoms with van der Waals surface area (Å²) in [5, 5.41) is 2.80. The molecule has 2 aromatic carbocycles. The number of aromatic nitrogens is 2. The van der Waals surface area contributed by atoms with Crippen LogP contribution in [0, 0.1) is 0 Å². The molecule has 0 atom stereocenters. The van der Waals surface area contributed by atoms with Gasteiger partial charge in [-0.3, -0.25) is 5.32 Å². The zero-order valence-electron chi connectivity index (χ0n) is 16.0. The van der Waals surface area contributed by atoms with Crippen molar-refractivity contribution in [3.05, 3.63) is 36.4 Å². The van der Waals surface area contributed by atoms with Gasteiger partial charge in [-0.15, -0.1) is 0 Å². The zero-order valence-corrected chi connectivity index (χ0v) is 16.0. The molecule has 0 aliphatic heterocycles. The van der Waals surface area contributed by atoms with Crippen LogP contribution in [0.1, 0.15) is 13.8 Å². The number of ether oxygens (including phenoxy) is 2. The maximum Gasteiger partial charge on any atom is 0.411 e. The Kier molecular flexibility index (Phi) is 5.49. The second-order valence-electron chi connectivity index (χ2n) is 5.96. The van der Waals surface area contributed by atoms with Crippen molar-refractivity contribution in [2.45, 2.75) is 13.8 Å². The fourth-order valence-corrected chi connectivity index (χ4v) is 3.10. The maximum atomic E-state index is 11.8. The molecule has 1 amide bonds. The third kappa shape index (κ3) is 3.67. The summed E-state index contributed by atoms with van der Waals surface area (Å²) in [6, 6.07) is 11.6. The molecule has 7 nitrogen and oxygen atoms in total. The Bertz CT molecular complexity index is 948. The van der Waals surface area contributed by atoms with Crippen LogP contribution in [-0.4, -0.2) is 43.4 Å². The van der Waals surface area contributed by atoms with Crippen LogP contribution in [0.3, 0.4) is 0 Å². The van der Waals surface area contributed by atoms with E-state index in [1.54, 1.807) is 7.11 Å². The number of aromatic amines is 1. The quantitative estimate of drug-likeness (QED) is 0.679. The van der Waals surface area contributed by atoms with Gasteiger partial charge in [-0.25, -0.2) is 9.78 Å². The Balaban J connectivity index is 2.14. The summed E-state index contributed by atoms with van der Waals surface area (Å²) < 4.78 is 10.2. The average Bonchev–Trinajstić information content (AvgIpc) is 3.11. The van der Waals surface area contributed by atoms with Crippen LogP contribution >= 0.6 is 0 Å². The number of rotatable bonds is 6. The fourth-order valence-electron chi connectivity index (χ4n) is 3.10. The fraction of sp³-hybridized carbons (Fsp3) is 0.300. The molecule has 1 aromatic heterocycles. The first-order valence-electron chi connectivity index (χ1n) is 8.88. The Morgan fingerprint density at radius 1 is 1.19 bits per heavy atom. The third-order valence-corrected chi connectivity index (χ3v) is 4.49. The van der Waals surface area contributed by atoms with Crippen LogP contribution in [0.25, 0.3) is 22.4 Å². The number of benzene rings is 2. The van der Waals surface area contributed by atoms with Crippen LogP contribution in [0.15, 0.2) is 36.4 Å². The van der Waals surface area contributed by atoms with Crippen molar-refractivity contribution in [2.24, 2.45) is 0 Å². The number of anilines is 2. The minimum atomic E-state index is -0.507. The van der Waals surface area contributed by atoms with Gasteiger partial charge in [-0.2, -0.15) is 0 Å². The second-order valence-corrected chi connectivity index (χ2v) is 5.96. The van der Waals surface area contributed by atoms with Crippen molar-refractivity contribution in [1.82, 2.24) is 9.97 Å². The Morgan fingerprint density at radius 3 is 2.59 bits per heavy atom. The summed E-state index contributed by atoms with van der Waals surface area (Å²) in [7, 11) is 2.99. The molecule has 0 unspecified atom stereocenters. The maximum absolute atomic E-state index is 11.8. The lowest BCUT2D eigenvalue weighted by Crippen LogP contribution is -2.24. The van der Waals surface area contributed by atoms with Gasteiger partial charge < -0.3 is 19.4 Å². The highest BCUT2D eigenvalue weighted by Gasteiger charge is 2.16. The van der Waals surface area contributed by atoms with E-state index in [9.17, 15) is 4.79 Å². The van der Waals surface area contributed by atoms with E-state index in [0.29, 0.717) is 11.5 Å². The van der Waals surface area contributed by atoms with Gasteiger partial charge in [0, 0.05) is 13.1 Å². The molecular formula is C20H24N4O3. The monoisotopic (exact) mass is 368 g/mol. The van der Waals surface area contributed by atoms with E-state index in [4.69, 9.17) is 14.5 Å². The molecule has 2 N–H and O–H groups in total.